The second kappa shape index (κ2) is 6.64. The summed E-state index contributed by atoms with van der Waals surface area (Å²) in [6.45, 7) is 1.36. The minimum Gasteiger partial charge on any atom is -0.358 e. The van der Waals surface area contributed by atoms with Crippen LogP contribution in [0.2, 0.25) is 0 Å². The molecule has 0 saturated heterocycles. The van der Waals surface area contributed by atoms with Gasteiger partial charge >= 0.3 is 0 Å². The molecule has 5 heteroatoms. The van der Waals surface area contributed by atoms with Gasteiger partial charge in [-0.15, -0.1) is 0 Å². The fraction of sp³-hybridized carbons (Fsp3) is 0.250. The van der Waals surface area contributed by atoms with E-state index in [4.69, 9.17) is 0 Å². The van der Waals surface area contributed by atoms with Crippen molar-refractivity contribution in [3.05, 3.63) is 69.6 Å². The molecule has 128 valence electrons. The number of aryl methyl sites for hydroxylation is 1. The normalized spacial score (nSPS) is 13.9. The molecule has 0 fully saturated rings. The molecule has 1 amide bonds. The maximum absolute atomic E-state index is 13.3. The van der Waals surface area contributed by atoms with Crippen molar-refractivity contribution in [2.75, 3.05) is 6.54 Å². The highest BCUT2D eigenvalue weighted by Crippen LogP contribution is 2.30. The topological polar surface area (TPSA) is 36.1 Å². The van der Waals surface area contributed by atoms with E-state index in [9.17, 15) is 9.18 Å². The Morgan fingerprint density at radius 2 is 2.12 bits per heavy atom. The van der Waals surface area contributed by atoms with Crippen molar-refractivity contribution in [1.29, 1.82) is 0 Å². The number of aromatic amines is 1. The smallest absolute Gasteiger partial charge is 0.223 e. The van der Waals surface area contributed by atoms with Gasteiger partial charge in [-0.1, -0.05) is 28.1 Å². The number of halogens is 2. The molecule has 0 bridgehead atoms. The first-order valence-corrected chi connectivity index (χ1v) is 9.20. The summed E-state index contributed by atoms with van der Waals surface area (Å²) in [5, 5.41) is 1.17. The van der Waals surface area contributed by atoms with Gasteiger partial charge in [-0.3, -0.25) is 4.79 Å². The molecule has 0 saturated carbocycles. The molecule has 4 rings (SSSR count). The number of aromatic nitrogens is 1. The van der Waals surface area contributed by atoms with E-state index in [1.54, 1.807) is 6.07 Å². The fourth-order valence-electron chi connectivity index (χ4n) is 3.50. The molecule has 1 aliphatic heterocycles. The van der Waals surface area contributed by atoms with Crippen LogP contribution >= 0.6 is 15.9 Å². The average molecular weight is 401 g/mol. The second-order valence-corrected chi connectivity index (χ2v) is 7.38. The number of fused-ring (bicyclic) bond motifs is 3. The molecule has 0 atom stereocenters. The molecule has 0 unspecified atom stereocenters. The predicted molar refractivity (Wildman–Crippen MR) is 99.8 cm³/mol. The van der Waals surface area contributed by atoms with Crippen LogP contribution in [0.1, 0.15) is 23.2 Å². The Hall–Kier alpha value is -2.14. The first-order valence-electron chi connectivity index (χ1n) is 8.41. The fourth-order valence-corrected chi connectivity index (χ4v) is 3.86. The van der Waals surface area contributed by atoms with Crippen LogP contribution < -0.4 is 0 Å². The lowest BCUT2D eigenvalue weighted by atomic mass is 10.0. The summed E-state index contributed by atoms with van der Waals surface area (Å²) >= 11 is 3.52. The lowest BCUT2D eigenvalue weighted by molar-refractivity contribution is -0.132. The van der Waals surface area contributed by atoms with Crippen LogP contribution in [0.25, 0.3) is 10.9 Å². The molecule has 3 nitrogen and oxygen atoms in total. The number of amides is 1. The molecule has 2 aromatic carbocycles. The Morgan fingerprint density at radius 3 is 2.96 bits per heavy atom. The summed E-state index contributed by atoms with van der Waals surface area (Å²) < 4.78 is 14.3. The van der Waals surface area contributed by atoms with E-state index in [0.717, 1.165) is 28.5 Å². The largest absolute Gasteiger partial charge is 0.358 e. The van der Waals surface area contributed by atoms with Crippen LogP contribution in [0.4, 0.5) is 4.39 Å². The number of hydrogen-bond donors (Lipinski definition) is 1. The third-order valence-electron chi connectivity index (χ3n) is 4.81. The number of H-pyrrole nitrogens is 1. The van der Waals surface area contributed by atoms with E-state index in [2.05, 4.69) is 33.0 Å². The molecule has 1 N–H and O–H groups in total. The van der Waals surface area contributed by atoms with E-state index in [0.29, 0.717) is 19.4 Å². The first kappa shape index (κ1) is 16.3. The van der Waals surface area contributed by atoms with Gasteiger partial charge in [0.05, 0.1) is 0 Å². The minimum absolute atomic E-state index is 0.124. The number of carbonyl (C=O) groups is 1. The molecule has 0 radical (unpaired) electrons. The number of hydrogen-bond acceptors (Lipinski definition) is 1. The summed E-state index contributed by atoms with van der Waals surface area (Å²) in [7, 11) is 0. The zero-order chi connectivity index (χ0) is 17.4. The molecule has 0 spiro atoms. The van der Waals surface area contributed by atoms with Crippen molar-refractivity contribution >= 4 is 32.7 Å². The number of benzene rings is 2. The molecule has 3 aromatic rings. The standard InChI is InChI=1S/C20H18BrFN2O/c21-14-5-6-18-16(11-14)17-12-24(9-8-19(17)23-18)20(25)7-4-13-2-1-3-15(22)10-13/h1-3,5-6,10-11,23H,4,7-9,12H2. The van der Waals surface area contributed by atoms with E-state index in [1.165, 1.54) is 28.8 Å². The van der Waals surface area contributed by atoms with Crippen molar-refractivity contribution in [1.82, 2.24) is 9.88 Å². The van der Waals surface area contributed by atoms with Crippen LogP contribution in [-0.4, -0.2) is 22.3 Å². The molecular weight excluding hydrogens is 383 g/mol. The average Bonchev–Trinajstić information content (AvgIpc) is 2.97. The third kappa shape index (κ3) is 3.33. The Kier molecular flexibility index (Phi) is 4.34. The van der Waals surface area contributed by atoms with Gasteiger partial charge in [-0.2, -0.15) is 0 Å². The van der Waals surface area contributed by atoms with E-state index >= 15 is 0 Å². The summed E-state index contributed by atoms with van der Waals surface area (Å²) in [5.41, 5.74) is 4.41. The van der Waals surface area contributed by atoms with E-state index in [-0.39, 0.29) is 11.7 Å². The lowest BCUT2D eigenvalue weighted by Crippen LogP contribution is -2.35. The van der Waals surface area contributed by atoms with Gasteiger partial charge in [-0.25, -0.2) is 4.39 Å². The van der Waals surface area contributed by atoms with Crippen molar-refractivity contribution in [3.63, 3.8) is 0 Å². The van der Waals surface area contributed by atoms with Gasteiger partial charge in [0.15, 0.2) is 0 Å². The van der Waals surface area contributed by atoms with Gasteiger partial charge in [-0.05, 0) is 42.3 Å². The van der Waals surface area contributed by atoms with Crippen molar-refractivity contribution in [3.8, 4) is 0 Å². The second-order valence-electron chi connectivity index (χ2n) is 6.47. The van der Waals surface area contributed by atoms with E-state index in [1.807, 2.05) is 17.0 Å². The van der Waals surface area contributed by atoms with Crippen molar-refractivity contribution in [2.45, 2.75) is 25.8 Å². The number of nitrogens with one attached hydrogen (secondary N) is 1. The molecule has 1 aromatic heterocycles. The lowest BCUT2D eigenvalue weighted by Gasteiger charge is -2.27. The van der Waals surface area contributed by atoms with Crippen LogP contribution in [0.5, 0.6) is 0 Å². The molecule has 1 aliphatic rings. The minimum atomic E-state index is -0.253. The first-order chi connectivity index (χ1) is 12.1. The summed E-state index contributed by atoms with van der Waals surface area (Å²) in [6.07, 6.45) is 1.82. The SMILES string of the molecule is O=C(CCc1cccc(F)c1)N1CCc2[nH]c3ccc(Br)cc3c2C1. The molecule has 2 heterocycles. The molecular formula is C20H18BrFN2O. The summed E-state index contributed by atoms with van der Waals surface area (Å²) in [5.74, 6) is -0.129. The van der Waals surface area contributed by atoms with Gasteiger partial charge in [0.2, 0.25) is 5.91 Å². The number of carbonyl (C=O) groups excluding carboxylic acids is 1. The van der Waals surface area contributed by atoms with E-state index < -0.39 is 0 Å². The summed E-state index contributed by atoms with van der Waals surface area (Å²) in [6, 6.07) is 12.7. The maximum Gasteiger partial charge on any atom is 0.223 e. The van der Waals surface area contributed by atoms with Gasteiger partial charge in [0.25, 0.3) is 0 Å². The van der Waals surface area contributed by atoms with Gasteiger partial charge < -0.3 is 9.88 Å². The summed E-state index contributed by atoms with van der Waals surface area (Å²) in [4.78, 5) is 18.0. The zero-order valence-corrected chi connectivity index (χ0v) is 15.3. The monoisotopic (exact) mass is 400 g/mol. The Morgan fingerprint density at radius 1 is 1.24 bits per heavy atom. The highest BCUT2D eigenvalue weighted by molar-refractivity contribution is 9.10. The van der Waals surface area contributed by atoms with Crippen LogP contribution in [0.15, 0.2) is 46.9 Å². The van der Waals surface area contributed by atoms with Crippen molar-refractivity contribution < 1.29 is 9.18 Å². The quantitative estimate of drug-likeness (QED) is 0.685. The molecule has 25 heavy (non-hydrogen) atoms. The van der Waals surface area contributed by atoms with Crippen LogP contribution in [0.3, 0.4) is 0 Å². The van der Waals surface area contributed by atoms with Gasteiger partial charge in [0, 0.05) is 52.6 Å². The Bertz CT molecular complexity index is 950. The Balaban J connectivity index is 1.49. The van der Waals surface area contributed by atoms with Crippen LogP contribution in [-0.2, 0) is 24.2 Å². The number of nitrogens with zero attached hydrogens (tertiary/aromatic N) is 1. The highest BCUT2D eigenvalue weighted by atomic mass is 79.9. The number of rotatable bonds is 3. The maximum atomic E-state index is 13.3. The predicted octanol–water partition coefficient (Wildman–Crippen LogP) is 4.59. The van der Waals surface area contributed by atoms with Gasteiger partial charge in [0.1, 0.15) is 5.82 Å². The van der Waals surface area contributed by atoms with Crippen LogP contribution in [0, 0.1) is 5.82 Å². The highest BCUT2D eigenvalue weighted by Gasteiger charge is 2.23. The zero-order valence-electron chi connectivity index (χ0n) is 13.7. The Labute approximate surface area is 154 Å². The molecule has 0 aliphatic carbocycles. The third-order valence-corrected chi connectivity index (χ3v) is 5.30. The van der Waals surface area contributed by atoms with Crippen molar-refractivity contribution in [2.24, 2.45) is 0 Å².